The van der Waals surface area contributed by atoms with Crippen molar-refractivity contribution < 1.29 is 33.4 Å². The van der Waals surface area contributed by atoms with Crippen molar-refractivity contribution in [3.8, 4) is 17.2 Å². The van der Waals surface area contributed by atoms with Crippen LogP contribution in [0.15, 0.2) is 99.0 Å². The molecule has 12 heteroatoms. The molecule has 43 heavy (non-hydrogen) atoms. The molecule has 0 aromatic heterocycles. The number of esters is 2. The molecule has 10 nitrogen and oxygen atoms in total. The minimum atomic E-state index is -0.556. The monoisotopic (exact) mass is 707 g/mol. The van der Waals surface area contributed by atoms with E-state index in [-0.39, 0.29) is 28.4 Å². The number of hydrogen-bond donors (Lipinski definition) is 2. The number of ether oxygens (including phenoxy) is 3. The summed E-state index contributed by atoms with van der Waals surface area (Å²) in [5.41, 5.74) is 4.06. The van der Waals surface area contributed by atoms with Gasteiger partial charge in [-0.15, -0.1) is 0 Å². The predicted octanol–water partition coefficient (Wildman–Crippen LogP) is 6.38. The van der Waals surface area contributed by atoms with Crippen LogP contribution in [0.5, 0.6) is 17.2 Å². The van der Waals surface area contributed by atoms with Gasteiger partial charge in [-0.2, -0.15) is 5.10 Å². The van der Waals surface area contributed by atoms with E-state index in [2.05, 4.69) is 47.7 Å². The van der Waals surface area contributed by atoms with Crippen molar-refractivity contribution in [2.24, 2.45) is 5.10 Å². The summed E-state index contributed by atoms with van der Waals surface area (Å²) in [5.74, 6) is -1.48. The highest BCUT2D eigenvalue weighted by molar-refractivity contribution is 9.11. The van der Waals surface area contributed by atoms with Crippen LogP contribution < -0.4 is 25.0 Å². The Kier molecular flexibility index (Phi) is 10.4. The van der Waals surface area contributed by atoms with Crippen LogP contribution in [0, 0.1) is 0 Å². The lowest BCUT2D eigenvalue weighted by Crippen LogP contribution is -2.18. The second-order valence-corrected chi connectivity index (χ2v) is 10.5. The number of nitrogens with one attached hydrogen (secondary N) is 2. The minimum Gasteiger partial charge on any atom is -0.493 e. The molecular weight excluding hydrogens is 686 g/mol. The van der Waals surface area contributed by atoms with Crippen LogP contribution in [-0.4, -0.2) is 37.1 Å². The van der Waals surface area contributed by atoms with Gasteiger partial charge in [-0.05, 0) is 76.6 Å². The van der Waals surface area contributed by atoms with E-state index in [9.17, 15) is 19.2 Å². The van der Waals surface area contributed by atoms with E-state index < -0.39 is 23.8 Å². The fourth-order valence-corrected chi connectivity index (χ4v) is 5.06. The Morgan fingerprint density at radius 1 is 0.767 bits per heavy atom. The first-order valence-electron chi connectivity index (χ1n) is 12.5. The van der Waals surface area contributed by atoms with Crippen LogP contribution in [0.4, 0.5) is 5.69 Å². The van der Waals surface area contributed by atoms with Gasteiger partial charge in [0.05, 0.1) is 23.4 Å². The zero-order valence-electron chi connectivity index (χ0n) is 22.7. The van der Waals surface area contributed by atoms with E-state index in [0.29, 0.717) is 25.8 Å². The van der Waals surface area contributed by atoms with Crippen LogP contribution in [0.2, 0.25) is 0 Å². The molecular formula is C31H23Br2N3O7. The molecule has 218 valence electrons. The SMILES string of the molecule is COc1cc(C(=O)Nc2cccc(C(=O)NN=Cc3cc(Br)cc(Br)c3OC(=O)c3ccccc3)c2)ccc1OC(C)=O. The Balaban J connectivity index is 1.45. The highest BCUT2D eigenvalue weighted by Gasteiger charge is 2.16. The average molecular weight is 709 g/mol. The number of carbonyl (C=O) groups excluding carboxylic acids is 4. The number of amides is 2. The topological polar surface area (TPSA) is 132 Å². The summed E-state index contributed by atoms with van der Waals surface area (Å²) in [6, 6.07) is 22.5. The molecule has 0 fully saturated rings. The largest absolute Gasteiger partial charge is 0.493 e. The lowest BCUT2D eigenvalue weighted by molar-refractivity contribution is -0.132. The smallest absolute Gasteiger partial charge is 0.343 e. The number of hydrogen-bond acceptors (Lipinski definition) is 8. The summed E-state index contributed by atoms with van der Waals surface area (Å²) in [6.45, 7) is 1.26. The van der Waals surface area contributed by atoms with Gasteiger partial charge in [0.25, 0.3) is 11.8 Å². The first-order chi connectivity index (χ1) is 20.6. The van der Waals surface area contributed by atoms with Gasteiger partial charge in [0.1, 0.15) is 0 Å². The molecule has 2 amide bonds. The van der Waals surface area contributed by atoms with Crippen LogP contribution in [-0.2, 0) is 4.79 Å². The lowest BCUT2D eigenvalue weighted by atomic mass is 10.1. The summed E-state index contributed by atoms with van der Waals surface area (Å²) in [5, 5.41) is 6.75. The van der Waals surface area contributed by atoms with E-state index in [1.54, 1.807) is 60.7 Å². The van der Waals surface area contributed by atoms with E-state index in [0.717, 1.165) is 0 Å². The Bertz CT molecular complexity index is 1730. The fourth-order valence-electron chi connectivity index (χ4n) is 3.72. The van der Waals surface area contributed by atoms with Gasteiger partial charge in [-0.3, -0.25) is 14.4 Å². The van der Waals surface area contributed by atoms with E-state index >= 15 is 0 Å². The van der Waals surface area contributed by atoms with Gasteiger partial charge in [0.15, 0.2) is 17.2 Å². The first-order valence-corrected chi connectivity index (χ1v) is 14.1. The molecule has 4 aromatic rings. The predicted molar refractivity (Wildman–Crippen MR) is 167 cm³/mol. The standard InChI is InChI=1S/C31H23Br2N3O7/c1-18(37)42-26-12-11-21(15-27(26)41-2)29(38)35-24-10-6-9-20(14-24)30(39)36-34-17-22-13-23(32)16-25(33)28(22)43-31(40)19-7-4-3-5-8-19/h3-17H,1-2H3,(H,35,38)(H,36,39). The van der Waals surface area contributed by atoms with E-state index in [1.807, 2.05) is 0 Å². The number of halogens is 2. The van der Waals surface area contributed by atoms with Crippen molar-refractivity contribution in [3.05, 3.63) is 116 Å². The van der Waals surface area contributed by atoms with Crippen molar-refractivity contribution in [2.45, 2.75) is 6.92 Å². The third kappa shape index (κ3) is 8.37. The Morgan fingerprint density at radius 2 is 1.49 bits per heavy atom. The zero-order valence-corrected chi connectivity index (χ0v) is 25.9. The van der Waals surface area contributed by atoms with Gasteiger partial charge in [0, 0.05) is 33.8 Å². The molecule has 4 aromatic carbocycles. The van der Waals surface area contributed by atoms with Gasteiger partial charge in [-0.25, -0.2) is 10.2 Å². The fraction of sp³-hybridized carbons (Fsp3) is 0.0645. The number of methoxy groups -OCH3 is 1. The molecule has 0 aliphatic heterocycles. The number of rotatable bonds is 9. The van der Waals surface area contributed by atoms with Crippen molar-refractivity contribution >= 4 is 67.5 Å². The Morgan fingerprint density at radius 3 is 2.21 bits per heavy atom. The summed E-state index contributed by atoms with van der Waals surface area (Å²) in [7, 11) is 1.39. The molecule has 0 saturated carbocycles. The van der Waals surface area contributed by atoms with Gasteiger partial charge < -0.3 is 19.5 Å². The zero-order chi connectivity index (χ0) is 30.9. The maximum atomic E-state index is 12.8. The molecule has 4 rings (SSSR count). The molecule has 0 unspecified atom stereocenters. The van der Waals surface area contributed by atoms with Crippen molar-refractivity contribution in [2.75, 3.05) is 12.4 Å². The summed E-state index contributed by atoms with van der Waals surface area (Å²) < 4.78 is 17.1. The molecule has 0 spiro atoms. The van der Waals surface area contributed by atoms with Crippen LogP contribution in [0.1, 0.15) is 43.6 Å². The highest BCUT2D eigenvalue weighted by atomic mass is 79.9. The average Bonchev–Trinajstić information content (AvgIpc) is 2.99. The third-order valence-corrected chi connectivity index (χ3v) is 6.72. The van der Waals surface area contributed by atoms with Crippen molar-refractivity contribution in [1.29, 1.82) is 0 Å². The number of carbonyl (C=O) groups is 4. The molecule has 0 radical (unpaired) electrons. The van der Waals surface area contributed by atoms with E-state index in [1.165, 1.54) is 44.5 Å². The summed E-state index contributed by atoms with van der Waals surface area (Å²) in [6.07, 6.45) is 1.35. The normalized spacial score (nSPS) is 10.6. The number of nitrogens with zero attached hydrogens (tertiary/aromatic N) is 1. The maximum absolute atomic E-state index is 12.8. The Hall–Kier alpha value is -4.81. The summed E-state index contributed by atoms with van der Waals surface area (Å²) >= 11 is 6.80. The molecule has 0 bridgehead atoms. The highest BCUT2D eigenvalue weighted by Crippen LogP contribution is 2.33. The lowest BCUT2D eigenvalue weighted by Gasteiger charge is -2.11. The molecule has 0 aliphatic rings. The third-order valence-electron chi connectivity index (χ3n) is 5.67. The molecule has 0 aliphatic carbocycles. The number of benzene rings is 4. The molecule has 0 atom stereocenters. The summed E-state index contributed by atoms with van der Waals surface area (Å²) in [4.78, 5) is 49.6. The van der Waals surface area contributed by atoms with Gasteiger partial charge in [-0.1, -0.05) is 40.2 Å². The molecule has 0 heterocycles. The van der Waals surface area contributed by atoms with Crippen molar-refractivity contribution in [1.82, 2.24) is 5.43 Å². The van der Waals surface area contributed by atoms with Crippen molar-refractivity contribution in [3.63, 3.8) is 0 Å². The molecule has 0 saturated heterocycles. The maximum Gasteiger partial charge on any atom is 0.343 e. The van der Waals surface area contributed by atoms with E-state index in [4.69, 9.17) is 14.2 Å². The second kappa shape index (κ2) is 14.4. The second-order valence-electron chi connectivity index (χ2n) is 8.75. The van der Waals surface area contributed by atoms with Crippen LogP contribution in [0.3, 0.4) is 0 Å². The number of anilines is 1. The Labute approximate surface area is 263 Å². The number of hydrazone groups is 1. The minimum absolute atomic E-state index is 0.183. The quantitative estimate of drug-likeness (QED) is 0.0893. The van der Waals surface area contributed by atoms with Crippen LogP contribution in [0.25, 0.3) is 0 Å². The van der Waals surface area contributed by atoms with Crippen LogP contribution >= 0.6 is 31.9 Å². The first kappa shape index (κ1) is 31.1. The molecule has 2 N–H and O–H groups in total. The van der Waals surface area contributed by atoms with Gasteiger partial charge in [0.2, 0.25) is 0 Å². The van der Waals surface area contributed by atoms with Gasteiger partial charge >= 0.3 is 11.9 Å².